The minimum atomic E-state index is -0.412. The van der Waals surface area contributed by atoms with Crippen LogP contribution >= 0.6 is 0 Å². The number of furan rings is 1. The third kappa shape index (κ3) is 3.07. The van der Waals surface area contributed by atoms with E-state index in [2.05, 4.69) is 15.3 Å². The van der Waals surface area contributed by atoms with Gasteiger partial charge in [0.25, 0.3) is 5.91 Å². The maximum absolute atomic E-state index is 12.5. The van der Waals surface area contributed by atoms with Crippen LogP contribution in [0.1, 0.15) is 21.8 Å². The lowest BCUT2D eigenvalue weighted by atomic mass is 10.1. The fourth-order valence-corrected chi connectivity index (χ4v) is 3.12. The number of carbonyl (C=O) groups is 1. The van der Waals surface area contributed by atoms with E-state index in [0.717, 1.165) is 22.2 Å². The lowest BCUT2D eigenvalue weighted by Crippen LogP contribution is -2.38. The van der Waals surface area contributed by atoms with Crippen molar-refractivity contribution in [2.24, 2.45) is 0 Å². The third-order valence-corrected chi connectivity index (χ3v) is 4.43. The molecule has 0 fully saturated rings. The van der Waals surface area contributed by atoms with E-state index in [1.54, 1.807) is 12.1 Å². The zero-order valence-corrected chi connectivity index (χ0v) is 14.3. The number of benzene rings is 1. The summed E-state index contributed by atoms with van der Waals surface area (Å²) in [5.41, 5.74) is 4.15. The Morgan fingerprint density at radius 3 is 3.00 bits per heavy atom. The van der Waals surface area contributed by atoms with Gasteiger partial charge in [-0.25, -0.2) is 4.98 Å². The summed E-state index contributed by atoms with van der Waals surface area (Å²) >= 11 is 0. The molecule has 0 aliphatic carbocycles. The molecule has 0 radical (unpaired) electrons. The number of pyridine rings is 1. The Labute approximate surface area is 149 Å². The topological polar surface area (TPSA) is 91.1 Å². The number of aliphatic hydroxyl groups excluding tert-OH is 1. The molecule has 3 N–H and O–H groups in total. The number of fused-ring (bicyclic) bond motifs is 2. The van der Waals surface area contributed by atoms with Gasteiger partial charge in [-0.15, -0.1) is 0 Å². The first kappa shape index (κ1) is 16.4. The molecule has 3 heterocycles. The molecule has 1 atom stereocenters. The van der Waals surface area contributed by atoms with Crippen LogP contribution in [0, 0.1) is 6.92 Å². The monoisotopic (exact) mass is 349 g/mol. The molecule has 1 unspecified atom stereocenters. The van der Waals surface area contributed by atoms with Gasteiger partial charge in [-0.3, -0.25) is 4.79 Å². The number of para-hydroxylation sites is 1. The Hall–Kier alpha value is -3.12. The van der Waals surface area contributed by atoms with Crippen LogP contribution in [0.4, 0.5) is 0 Å². The molecule has 1 aromatic carbocycles. The Bertz CT molecular complexity index is 1080. The highest BCUT2D eigenvalue weighted by Gasteiger charge is 2.19. The molecular weight excluding hydrogens is 330 g/mol. The number of aliphatic hydroxyl groups is 1. The summed E-state index contributed by atoms with van der Waals surface area (Å²) in [6.45, 7) is 1.72. The smallest absolute Gasteiger partial charge is 0.287 e. The summed E-state index contributed by atoms with van der Waals surface area (Å²) in [5.74, 6) is -0.171. The Kier molecular flexibility index (Phi) is 4.18. The molecule has 6 nitrogen and oxygen atoms in total. The van der Waals surface area contributed by atoms with E-state index in [0.29, 0.717) is 17.5 Å². The van der Waals surface area contributed by atoms with E-state index in [1.165, 1.54) is 0 Å². The van der Waals surface area contributed by atoms with E-state index >= 15 is 0 Å². The highest BCUT2D eigenvalue weighted by Crippen LogP contribution is 2.20. The van der Waals surface area contributed by atoms with Crippen LogP contribution in [0.3, 0.4) is 0 Å². The number of nitrogens with one attached hydrogen (secondary N) is 2. The molecule has 0 saturated carbocycles. The van der Waals surface area contributed by atoms with Gasteiger partial charge in [-0.1, -0.05) is 18.2 Å². The van der Waals surface area contributed by atoms with Crippen molar-refractivity contribution < 1.29 is 14.3 Å². The van der Waals surface area contributed by atoms with Crippen molar-refractivity contribution in [3.63, 3.8) is 0 Å². The van der Waals surface area contributed by atoms with Crippen molar-refractivity contribution in [3.8, 4) is 0 Å². The molecule has 4 aromatic rings. The third-order valence-electron chi connectivity index (χ3n) is 4.43. The number of amides is 1. The fourth-order valence-electron chi connectivity index (χ4n) is 3.12. The van der Waals surface area contributed by atoms with Gasteiger partial charge in [0.05, 0.1) is 12.6 Å². The molecule has 4 rings (SSSR count). The molecule has 132 valence electrons. The Morgan fingerprint density at radius 2 is 2.15 bits per heavy atom. The van der Waals surface area contributed by atoms with Crippen molar-refractivity contribution in [1.29, 1.82) is 0 Å². The van der Waals surface area contributed by atoms with Crippen LogP contribution in [0.25, 0.3) is 22.0 Å². The highest BCUT2D eigenvalue weighted by molar-refractivity contribution is 5.95. The summed E-state index contributed by atoms with van der Waals surface area (Å²) in [5, 5.41) is 13.6. The second kappa shape index (κ2) is 6.65. The molecule has 6 heteroatoms. The first-order chi connectivity index (χ1) is 12.6. The van der Waals surface area contributed by atoms with Crippen LogP contribution in [0.15, 0.2) is 53.1 Å². The minimum absolute atomic E-state index is 0.164. The average Bonchev–Trinajstić information content (AvgIpc) is 3.25. The van der Waals surface area contributed by atoms with Gasteiger partial charge in [-0.2, -0.15) is 0 Å². The summed E-state index contributed by atoms with van der Waals surface area (Å²) in [6, 6.07) is 12.8. The van der Waals surface area contributed by atoms with E-state index in [1.807, 2.05) is 43.5 Å². The number of rotatable bonds is 5. The highest BCUT2D eigenvalue weighted by atomic mass is 16.3. The zero-order valence-electron chi connectivity index (χ0n) is 14.3. The van der Waals surface area contributed by atoms with Crippen LogP contribution in [-0.4, -0.2) is 33.6 Å². The van der Waals surface area contributed by atoms with Crippen molar-refractivity contribution >= 4 is 27.9 Å². The van der Waals surface area contributed by atoms with E-state index < -0.39 is 6.04 Å². The van der Waals surface area contributed by atoms with E-state index in [9.17, 15) is 9.90 Å². The van der Waals surface area contributed by atoms with Gasteiger partial charge in [0.15, 0.2) is 11.3 Å². The molecular formula is C20H19N3O3. The molecule has 0 aliphatic rings. The van der Waals surface area contributed by atoms with Crippen LogP contribution < -0.4 is 5.32 Å². The van der Waals surface area contributed by atoms with Gasteiger partial charge >= 0.3 is 0 Å². The number of aryl methyl sites for hydroxylation is 1. The second-order valence-electron chi connectivity index (χ2n) is 6.36. The van der Waals surface area contributed by atoms with Gasteiger partial charge in [-0.05, 0) is 37.1 Å². The largest absolute Gasteiger partial charge is 0.449 e. The number of nitrogens with zero attached hydrogens (tertiary/aromatic N) is 1. The standard InChI is InChI=1S/C20H19N3O3/c1-12-6-7-18-17(22-12)9-19(26-18)20(25)23-14(11-24)8-13-10-21-16-5-3-2-4-15(13)16/h2-7,9-10,14,21,24H,8,11H2,1H3,(H,23,25). The van der Waals surface area contributed by atoms with Crippen LogP contribution in [0.2, 0.25) is 0 Å². The lowest BCUT2D eigenvalue weighted by Gasteiger charge is -2.15. The van der Waals surface area contributed by atoms with Gasteiger partial charge < -0.3 is 19.8 Å². The second-order valence-corrected chi connectivity index (χ2v) is 6.36. The van der Waals surface area contributed by atoms with Gasteiger partial charge in [0.2, 0.25) is 0 Å². The number of aromatic amines is 1. The Morgan fingerprint density at radius 1 is 1.31 bits per heavy atom. The first-order valence-corrected chi connectivity index (χ1v) is 8.48. The molecule has 0 saturated heterocycles. The normalized spacial score (nSPS) is 12.5. The average molecular weight is 349 g/mol. The van der Waals surface area contributed by atoms with Gasteiger partial charge in [0, 0.05) is 28.9 Å². The Balaban J connectivity index is 1.52. The summed E-state index contributed by atoms with van der Waals surface area (Å²) in [6.07, 6.45) is 2.43. The lowest BCUT2D eigenvalue weighted by molar-refractivity contribution is 0.0890. The van der Waals surface area contributed by atoms with Crippen LogP contribution in [-0.2, 0) is 6.42 Å². The fraction of sp³-hybridized carbons (Fsp3) is 0.200. The summed E-state index contributed by atoms with van der Waals surface area (Å²) in [7, 11) is 0. The number of aromatic nitrogens is 2. The van der Waals surface area contributed by atoms with Gasteiger partial charge in [0.1, 0.15) is 5.52 Å². The maximum Gasteiger partial charge on any atom is 0.287 e. The molecule has 0 spiro atoms. The molecule has 26 heavy (non-hydrogen) atoms. The zero-order chi connectivity index (χ0) is 18.1. The van der Waals surface area contributed by atoms with Crippen molar-refractivity contribution in [2.75, 3.05) is 6.61 Å². The van der Waals surface area contributed by atoms with Crippen molar-refractivity contribution in [3.05, 3.63) is 65.7 Å². The predicted octanol–water partition coefficient (Wildman–Crippen LogP) is 2.95. The first-order valence-electron chi connectivity index (χ1n) is 8.48. The molecule has 0 bridgehead atoms. The maximum atomic E-state index is 12.5. The summed E-state index contributed by atoms with van der Waals surface area (Å²) < 4.78 is 5.57. The number of carbonyl (C=O) groups excluding carboxylic acids is 1. The molecule has 0 aliphatic heterocycles. The predicted molar refractivity (Wildman–Crippen MR) is 99.1 cm³/mol. The SMILES string of the molecule is Cc1ccc2oc(C(=O)NC(CO)Cc3c[nH]c4ccccc34)cc2n1. The number of hydrogen-bond acceptors (Lipinski definition) is 4. The van der Waals surface area contributed by atoms with E-state index in [-0.39, 0.29) is 18.3 Å². The van der Waals surface area contributed by atoms with E-state index in [4.69, 9.17) is 4.42 Å². The van der Waals surface area contributed by atoms with Crippen molar-refractivity contribution in [2.45, 2.75) is 19.4 Å². The molecule has 3 aromatic heterocycles. The quantitative estimate of drug-likeness (QED) is 0.517. The number of hydrogen-bond donors (Lipinski definition) is 3. The van der Waals surface area contributed by atoms with Crippen LogP contribution in [0.5, 0.6) is 0 Å². The van der Waals surface area contributed by atoms with Crippen molar-refractivity contribution in [1.82, 2.24) is 15.3 Å². The molecule has 1 amide bonds. The minimum Gasteiger partial charge on any atom is -0.449 e. The summed E-state index contributed by atoms with van der Waals surface area (Å²) in [4.78, 5) is 20.1. The number of H-pyrrole nitrogens is 1.